The molecule has 1 aromatic heterocycles. The van der Waals surface area contributed by atoms with Gasteiger partial charge in [-0.25, -0.2) is 18.6 Å². The molecule has 2 aromatic carbocycles. The Morgan fingerprint density at radius 1 is 0.968 bits per heavy atom. The molecule has 4 rings (SSSR count). The molecule has 0 atom stereocenters. The van der Waals surface area contributed by atoms with E-state index in [1.165, 1.54) is 48.5 Å². The number of carbonyl (C=O) groups is 2. The first-order chi connectivity index (χ1) is 14.6. The lowest BCUT2D eigenvalue weighted by Gasteiger charge is -2.15. The van der Waals surface area contributed by atoms with Gasteiger partial charge in [0, 0.05) is 15.6 Å². The lowest BCUT2D eigenvalue weighted by atomic mass is 10.2. The Morgan fingerprint density at radius 2 is 1.61 bits per heavy atom. The van der Waals surface area contributed by atoms with Crippen LogP contribution in [-0.4, -0.2) is 20.2 Å². The molecule has 0 bridgehead atoms. The molecule has 0 spiro atoms. The van der Waals surface area contributed by atoms with Gasteiger partial charge in [-0.3, -0.25) is 15.0 Å². The number of hydrazine groups is 1. The quantitative estimate of drug-likeness (QED) is 0.440. The first-order valence-corrected chi connectivity index (χ1v) is 11.0. The van der Waals surface area contributed by atoms with Gasteiger partial charge in [0.05, 0.1) is 10.6 Å². The summed E-state index contributed by atoms with van der Waals surface area (Å²) in [5.41, 5.74) is 3.22. The highest BCUT2D eigenvalue weighted by Gasteiger charge is 2.35. The van der Waals surface area contributed by atoms with E-state index < -0.39 is 21.8 Å². The number of benzene rings is 2. The fourth-order valence-corrected chi connectivity index (χ4v) is 3.97. The Balaban J connectivity index is 1.60. The maximum atomic E-state index is 12.7. The zero-order valence-electron chi connectivity index (χ0n) is 15.5. The van der Waals surface area contributed by atoms with Crippen LogP contribution in [0.15, 0.2) is 69.5 Å². The third-order valence-electron chi connectivity index (χ3n) is 4.38. The minimum Gasteiger partial charge on any atom is -0.457 e. The largest absolute Gasteiger partial charge is 0.457 e. The third kappa shape index (κ3) is 4.35. The van der Waals surface area contributed by atoms with Crippen LogP contribution in [0.25, 0.3) is 17.4 Å². The van der Waals surface area contributed by atoms with Crippen molar-refractivity contribution in [3.8, 4) is 11.3 Å². The van der Waals surface area contributed by atoms with Gasteiger partial charge in [0.25, 0.3) is 11.8 Å². The van der Waals surface area contributed by atoms with Gasteiger partial charge >= 0.3 is 0 Å². The van der Waals surface area contributed by atoms with Gasteiger partial charge in [-0.2, -0.15) is 0 Å². The second kappa shape index (κ2) is 7.86. The highest BCUT2D eigenvalue weighted by molar-refractivity contribution is 7.89. The molecule has 8 nitrogen and oxygen atoms in total. The molecule has 1 saturated heterocycles. The van der Waals surface area contributed by atoms with E-state index in [-0.39, 0.29) is 16.2 Å². The van der Waals surface area contributed by atoms with Gasteiger partial charge in [-0.05, 0) is 60.7 Å². The van der Waals surface area contributed by atoms with Crippen LogP contribution in [0.1, 0.15) is 5.76 Å². The number of primary sulfonamides is 1. The van der Waals surface area contributed by atoms with E-state index in [1.54, 1.807) is 12.1 Å². The first kappa shape index (κ1) is 21.1. The van der Waals surface area contributed by atoms with Gasteiger partial charge in [0.2, 0.25) is 10.0 Å². The number of nitrogens with zero attached hydrogens (tertiary/aromatic N) is 1. The SMILES string of the molecule is NS(=O)(=O)c1ccc(-c2ccc(/C=C3/C(=O)NN(c4cc(Cl)cc(Cl)c4)C3=O)o2)cc1. The number of nitrogens with one attached hydrogen (secondary N) is 1. The number of nitrogens with two attached hydrogens (primary N) is 1. The fourth-order valence-electron chi connectivity index (χ4n) is 2.94. The zero-order valence-corrected chi connectivity index (χ0v) is 17.8. The van der Waals surface area contributed by atoms with Gasteiger partial charge < -0.3 is 4.42 Å². The average molecular weight is 478 g/mol. The molecule has 0 radical (unpaired) electrons. The second-order valence-electron chi connectivity index (χ2n) is 6.54. The van der Waals surface area contributed by atoms with Crippen LogP contribution in [0.3, 0.4) is 0 Å². The van der Waals surface area contributed by atoms with Gasteiger partial charge in [-0.15, -0.1) is 0 Å². The van der Waals surface area contributed by atoms with E-state index in [0.717, 1.165) is 5.01 Å². The normalized spacial score (nSPS) is 15.6. The maximum absolute atomic E-state index is 12.7. The first-order valence-electron chi connectivity index (χ1n) is 8.68. The van der Waals surface area contributed by atoms with Crippen LogP contribution >= 0.6 is 23.2 Å². The summed E-state index contributed by atoms with van der Waals surface area (Å²) in [6, 6.07) is 13.5. The van der Waals surface area contributed by atoms with Gasteiger partial charge in [0.1, 0.15) is 17.1 Å². The molecule has 3 aromatic rings. The molecule has 31 heavy (non-hydrogen) atoms. The molecule has 0 aliphatic carbocycles. The number of carbonyl (C=O) groups excluding carboxylic acids is 2. The summed E-state index contributed by atoms with van der Waals surface area (Å²) in [5, 5.41) is 6.76. The van der Waals surface area contributed by atoms with Crippen LogP contribution in [0.5, 0.6) is 0 Å². The summed E-state index contributed by atoms with van der Waals surface area (Å²) < 4.78 is 28.4. The fraction of sp³-hybridized carbons (Fsp3) is 0. The Morgan fingerprint density at radius 3 is 2.23 bits per heavy atom. The van der Waals surface area contributed by atoms with E-state index in [4.69, 9.17) is 32.8 Å². The smallest absolute Gasteiger partial charge is 0.282 e. The predicted octanol–water partition coefficient (Wildman–Crippen LogP) is 3.36. The van der Waals surface area contributed by atoms with E-state index >= 15 is 0 Å². The van der Waals surface area contributed by atoms with Crippen LogP contribution in [0, 0.1) is 0 Å². The number of sulfonamides is 1. The monoisotopic (exact) mass is 477 g/mol. The molecule has 3 N–H and O–H groups in total. The number of amides is 2. The number of anilines is 1. The van der Waals surface area contributed by atoms with E-state index in [9.17, 15) is 18.0 Å². The summed E-state index contributed by atoms with van der Waals surface area (Å²) in [7, 11) is -3.80. The van der Waals surface area contributed by atoms with Gasteiger partial charge in [0.15, 0.2) is 0 Å². The summed E-state index contributed by atoms with van der Waals surface area (Å²) in [4.78, 5) is 25.0. The number of hydrogen-bond acceptors (Lipinski definition) is 5. The van der Waals surface area contributed by atoms with Crippen molar-refractivity contribution < 1.29 is 22.4 Å². The molecule has 1 fully saturated rings. The van der Waals surface area contributed by atoms with Crippen LogP contribution < -0.4 is 15.6 Å². The Hall–Kier alpha value is -3.11. The molecule has 11 heteroatoms. The minimum absolute atomic E-state index is 0.0282. The van der Waals surface area contributed by atoms with Crippen molar-refractivity contribution in [2.24, 2.45) is 5.14 Å². The summed E-state index contributed by atoms with van der Waals surface area (Å²) in [6.45, 7) is 0. The van der Waals surface area contributed by atoms with E-state index in [2.05, 4.69) is 5.43 Å². The Labute approximate surface area is 186 Å². The molecular weight excluding hydrogens is 465 g/mol. The van der Waals surface area contributed by atoms with Crippen molar-refractivity contribution >= 4 is 56.8 Å². The topological polar surface area (TPSA) is 123 Å². The lowest BCUT2D eigenvalue weighted by molar-refractivity contribution is -0.117. The summed E-state index contributed by atoms with van der Waals surface area (Å²) in [6.07, 6.45) is 1.31. The molecule has 158 valence electrons. The maximum Gasteiger partial charge on any atom is 0.282 e. The van der Waals surface area contributed by atoms with Crippen LogP contribution in [-0.2, 0) is 19.6 Å². The second-order valence-corrected chi connectivity index (χ2v) is 8.97. The number of halogens is 2. The molecule has 2 amide bonds. The molecule has 0 saturated carbocycles. The number of rotatable bonds is 4. The van der Waals surface area contributed by atoms with Crippen molar-refractivity contribution in [2.45, 2.75) is 4.90 Å². The molecule has 2 heterocycles. The van der Waals surface area contributed by atoms with Crippen molar-refractivity contribution in [3.63, 3.8) is 0 Å². The van der Waals surface area contributed by atoms with Crippen molar-refractivity contribution in [1.29, 1.82) is 0 Å². The molecular formula is C20H13Cl2N3O5S. The molecule has 1 aliphatic rings. The lowest BCUT2D eigenvalue weighted by Crippen LogP contribution is -2.35. The van der Waals surface area contributed by atoms with E-state index in [1.807, 2.05) is 0 Å². The van der Waals surface area contributed by atoms with E-state index in [0.29, 0.717) is 27.1 Å². The molecule has 0 unspecified atom stereocenters. The van der Waals surface area contributed by atoms with Crippen LogP contribution in [0.2, 0.25) is 10.0 Å². The number of hydrogen-bond donors (Lipinski definition) is 2. The highest BCUT2D eigenvalue weighted by atomic mass is 35.5. The zero-order chi connectivity index (χ0) is 22.3. The molecule has 1 aliphatic heterocycles. The summed E-state index contributed by atoms with van der Waals surface area (Å²) in [5.74, 6) is -0.539. The van der Waals surface area contributed by atoms with Crippen molar-refractivity contribution in [1.82, 2.24) is 5.43 Å². The van der Waals surface area contributed by atoms with Gasteiger partial charge in [-0.1, -0.05) is 23.2 Å². The standard InChI is InChI=1S/C20H13Cl2N3O5S/c21-12-7-13(22)9-14(8-12)25-20(27)17(19(26)24-25)10-15-3-6-18(30-15)11-1-4-16(5-2-11)31(23,28)29/h1-10H,(H,24,26)(H2,23,28,29)/b17-10-. The number of furan rings is 1. The Kier molecular flexibility index (Phi) is 5.36. The van der Waals surface area contributed by atoms with Crippen LogP contribution in [0.4, 0.5) is 5.69 Å². The summed E-state index contributed by atoms with van der Waals surface area (Å²) >= 11 is 11.9. The van der Waals surface area contributed by atoms with Crippen molar-refractivity contribution in [3.05, 3.63) is 76.0 Å². The predicted molar refractivity (Wildman–Crippen MR) is 116 cm³/mol. The minimum atomic E-state index is -3.80. The average Bonchev–Trinajstić information content (AvgIpc) is 3.27. The Bertz CT molecular complexity index is 1330. The van der Waals surface area contributed by atoms with Crippen molar-refractivity contribution in [2.75, 3.05) is 5.01 Å². The highest BCUT2D eigenvalue weighted by Crippen LogP contribution is 2.29. The third-order valence-corrected chi connectivity index (χ3v) is 5.74.